The standard InChI is InChI=1S/C20H17Cl2N3O5S/c1-29-15-4-2-3-11(18(15)30-10-12-5-6-13(21)7-14(12)22)9-23-25-20-24-19(28)16(31-20)8-17(26)27/h2-7,9,16H,8,10H2,1H3,(H,26,27)(H,24,25,28)/b23-9-/t16-/m0/s1. The van der Waals surface area contributed by atoms with E-state index in [1.165, 1.54) is 13.3 Å². The number of amidine groups is 1. The zero-order chi connectivity index (χ0) is 22.4. The summed E-state index contributed by atoms with van der Waals surface area (Å²) in [7, 11) is 1.52. The van der Waals surface area contributed by atoms with Gasteiger partial charge in [-0.25, -0.2) is 0 Å². The summed E-state index contributed by atoms with van der Waals surface area (Å²) in [4.78, 5) is 22.6. The maximum Gasteiger partial charge on any atom is 0.305 e. The first-order valence-electron chi connectivity index (χ1n) is 8.91. The number of nitrogens with one attached hydrogen (secondary N) is 1. The summed E-state index contributed by atoms with van der Waals surface area (Å²) in [6.07, 6.45) is 1.16. The minimum atomic E-state index is -1.06. The number of carbonyl (C=O) groups is 2. The van der Waals surface area contributed by atoms with Crippen molar-refractivity contribution in [3.8, 4) is 11.5 Å². The Morgan fingerprint density at radius 3 is 2.84 bits per heavy atom. The summed E-state index contributed by atoms with van der Waals surface area (Å²) in [6.45, 7) is 0.175. The molecular formula is C20H17Cl2N3O5S. The van der Waals surface area contributed by atoms with Crippen molar-refractivity contribution >= 4 is 58.2 Å². The van der Waals surface area contributed by atoms with Crippen LogP contribution in [0.25, 0.3) is 0 Å². The number of nitrogens with zero attached hydrogens (tertiary/aromatic N) is 2. The molecule has 0 radical (unpaired) electrons. The van der Waals surface area contributed by atoms with Gasteiger partial charge in [-0.05, 0) is 24.3 Å². The second-order valence-electron chi connectivity index (χ2n) is 6.25. The van der Waals surface area contributed by atoms with E-state index in [2.05, 4.69) is 15.5 Å². The number of hydrogen-bond acceptors (Lipinski definition) is 7. The van der Waals surface area contributed by atoms with E-state index in [9.17, 15) is 9.59 Å². The van der Waals surface area contributed by atoms with E-state index < -0.39 is 17.1 Å². The van der Waals surface area contributed by atoms with Crippen molar-refractivity contribution in [1.29, 1.82) is 0 Å². The highest BCUT2D eigenvalue weighted by atomic mass is 35.5. The molecular weight excluding hydrogens is 465 g/mol. The first-order valence-corrected chi connectivity index (χ1v) is 10.5. The normalized spacial score (nSPS) is 17.2. The highest BCUT2D eigenvalue weighted by molar-refractivity contribution is 8.15. The van der Waals surface area contributed by atoms with Crippen LogP contribution in [-0.2, 0) is 16.2 Å². The Kier molecular flexibility index (Phi) is 7.78. The fourth-order valence-electron chi connectivity index (χ4n) is 2.63. The third-order valence-corrected chi connectivity index (χ3v) is 5.76. The summed E-state index contributed by atoms with van der Waals surface area (Å²) in [5, 5.41) is 19.8. The van der Waals surface area contributed by atoms with Gasteiger partial charge in [0.2, 0.25) is 5.91 Å². The molecule has 2 N–H and O–H groups in total. The summed E-state index contributed by atoms with van der Waals surface area (Å²) in [6, 6.07) is 10.4. The minimum absolute atomic E-state index is 0.175. The number of carbonyl (C=O) groups excluding carboxylic acids is 1. The molecule has 11 heteroatoms. The Balaban J connectivity index is 1.75. The number of para-hydroxylation sites is 1. The van der Waals surface area contributed by atoms with Crippen molar-refractivity contribution in [1.82, 2.24) is 5.32 Å². The van der Waals surface area contributed by atoms with Crippen LogP contribution < -0.4 is 14.8 Å². The second kappa shape index (κ2) is 10.5. The van der Waals surface area contributed by atoms with Crippen LogP contribution in [0.1, 0.15) is 17.5 Å². The third-order valence-electron chi connectivity index (χ3n) is 4.10. The second-order valence-corrected chi connectivity index (χ2v) is 8.28. The molecule has 2 aromatic carbocycles. The number of rotatable bonds is 8. The highest BCUT2D eigenvalue weighted by Gasteiger charge is 2.32. The van der Waals surface area contributed by atoms with Crippen LogP contribution in [0.5, 0.6) is 11.5 Å². The van der Waals surface area contributed by atoms with Gasteiger partial charge in [0.05, 0.1) is 19.7 Å². The molecule has 1 fully saturated rings. The van der Waals surface area contributed by atoms with Crippen LogP contribution in [0.3, 0.4) is 0 Å². The molecule has 0 spiro atoms. The van der Waals surface area contributed by atoms with Crippen LogP contribution in [-0.4, -0.2) is 40.7 Å². The summed E-state index contributed by atoms with van der Waals surface area (Å²) < 4.78 is 11.3. The predicted octanol–water partition coefficient (Wildman–Crippen LogP) is 3.98. The van der Waals surface area contributed by atoms with Crippen LogP contribution in [0.4, 0.5) is 0 Å². The van der Waals surface area contributed by atoms with E-state index >= 15 is 0 Å². The summed E-state index contributed by atoms with van der Waals surface area (Å²) >= 11 is 13.2. The van der Waals surface area contributed by atoms with E-state index in [1.54, 1.807) is 36.4 Å². The topological polar surface area (TPSA) is 110 Å². The quantitative estimate of drug-likeness (QED) is 0.435. The summed E-state index contributed by atoms with van der Waals surface area (Å²) in [5.74, 6) is -0.540. The molecule has 0 aliphatic carbocycles. The lowest BCUT2D eigenvalue weighted by atomic mass is 10.2. The van der Waals surface area contributed by atoms with Crippen LogP contribution in [0.15, 0.2) is 46.6 Å². The van der Waals surface area contributed by atoms with Gasteiger partial charge >= 0.3 is 5.97 Å². The monoisotopic (exact) mass is 481 g/mol. The van der Waals surface area contributed by atoms with Gasteiger partial charge in [-0.15, -0.1) is 5.10 Å². The maximum atomic E-state index is 11.8. The van der Waals surface area contributed by atoms with Crippen molar-refractivity contribution in [3.63, 3.8) is 0 Å². The molecule has 3 rings (SSSR count). The smallest absolute Gasteiger partial charge is 0.305 e. The molecule has 162 valence electrons. The number of ether oxygens (including phenoxy) is 2. The van der Waals surface area contributed by atoms with Crippen LogP contribution in [0.2, 0.25) is 10.0 Å². The minimum Gasteiger partial charge on any atom is -0.493 e. The molecule has 0 bridgehead atoms. The molecule has 1 amide bonds. The lowest BCUT2D eigenvalue weighted by Crippen LogP contribution is -2.26. The molecule has 1 atom stereocenters. The van der Waals surface area contributed by atoms with Crippen molar-refractivity contribution in [2.45, 2.75) is 18.3 Å². The molecule has 0 saturated carbocycles. The number of benzene rings is 2. The van der Waals surface area contributed by atoms with Crippen molar-refractivity contribution < 1.29 is 24.2 Å². The molecule has 1 saturated heterocycles. The molecule has 8 nitrogen and oxygen atoms in total. The average molecular weight is 482 g/mol. The Morgan fingerprint density at radius 1 is 1.32 bits per heavy atom. The van der Waals surface area contributed by atoms with E-state index in [0.717, 1.165) is 17.3 Å². The molecule has 0 unspecified atom stereocenters. The van der Waals surface area contributed by atoms with Gasteiger partial charge in [0, 0.05) is 21.2 Å². The number of carboxylic acids is 1. The average Bonchev–Trinajstić information content (AvgIpc) is 3.06. The predicted molar refractivity (Wildman–Crippen MR) is 121 cm³/mol. The highest BCUT2D eigenvalue weighted by Crippen LogP contribution is 2.32. The lowest BCUT2D eigenvalue weighted by Gasteiger charge is -2.13. The number of hydrogen-bond donors (Lipinski definition) is 2. The molecule has 31 heavy (non-hydrogen) atoms. The van der Waals surface area contributed by atoms with Crippen LogP contribution in [0, 0.1) is 0 Å². The number of carboxylic acid groups (broad SMARTS) is 1. The summed E-state index contributed by atoms with van der Waals surface area (Å²) in [5.41, 5.74) is 1.33. The van der Waals surface area contributed by atoms with Gasteiger partial charge in [-0.3, -0.25) is 9.59 Å². The largest absolute Gasteiger partial charge is 0.493 e. The molecule has 2 aromatic rings. The number of halogens is 2. The van der Waals surface area contributed by atoms with Crippen molar-refractivity contribution in [2.24, 2.45) is 10.2 Å². The van der Waals surface area contributed by atoms with Gasteiger partial charge in [-0.1, -0.05) is 47.1 Å². The van der Waals surface area contributed by atoms with E-state index in [-0.39, 0.29) is 18.2 Å². The first-order chi connectivity index (χ1) is 14.9. The van der Waals surface area contributed by atoms with E-state index in [4.69, 9.17) is 37.8 Å². The number of thioether (sulfide) groups is 1. The fourth-order valence-corrected chi connectivity index (χ4v) is 4.01. The van der Waals surface area contributed by atoms with E-state index in [0.29, 0.717) is 27.1 Å². The van der Waals surface area contributed by atoms with Crippen molar-refractivity contribution in [3.05, 3.63) is 57.6 Å². The third kappa shape index (κ3) is 6.13. The zero-order valence-electron chi connectivity index (χ0n) is 16.2. The molecule has 1 heterocycles. The molecule has 0 aromatic heterocycles. The Bertz CT molecular complexity index is 1060. The van der Waals surface area contributed by atoms with Gasteiger partial charge in [0.25, 0.3) is 0 Å². The number of methoxy groups -OCH3 is 1. The lowest BCUT2D eigenvalue weighted by molar-refractivity contribution is -0.138. The van der Waals surface area contributed by atoms with Crippen molar-refractivity contribution in [2.75, 3.05) is 7.11 Å². The maximum absolute atomic E-state index is 11.8. The Morgan fingerprint density at radius 2 is 2.13 bits per heavy atom. The Hall–Kier alpha value is -2.75. The van der Waals surface area contributed by atoms with Gasteiger partial charge in [-0.2, -0.15) is 5.10 Å². The zero-order valence-corrected chi connectivity index (χ0v) is 18.5. The fraction of sp³-hybridized carbons (Fsp3) is 0.200. The molecule has 1 aliphatic heterocycles. The SMILES string of the molecule is COc1cccc(/C=N\N=C2\NC(=O)[C@H](CC(=O)O)S2)c1OCc1ccc(Cl)cc1Cl. The van der Waals surface area contributed by atoms with Gasteiger partial charge in [0.15, 0.2) is 16.7 Å². The first kappa shape index (κ1) is 22.9. The number of aliphatic carboxylic acids is 1. The van der Waals surface area contributed by atoms with Crippen LogP contribution >= 0.6 is 35.0 Å². The van der Waals surface area contributed by atoms with E-state index in [1.807, 2.05) is 0 Å². The van der Waals surface area contributed by atoms with Gasteiger partial charge in [0.1, 0.15) is 11.9 Å². The number of amides is 1. The molecule has 1 aliphatic rings. The van der Waals surface area contributed by atoms with Gasteiger partial charge < -0.3 is 19.9 Å². The Labute approximate surface area is 192 Å².